The first kappa shape index (κ1) is 26.7. The minimum atomic E-state index is -3.94. The van der Waals surface area contributed by atoms with Gasteiger partial charge in [0.1, 0.15) is 11.8 Å². The zero-order chi connectivity index (χ0) is 26.6. The van der Waals surface area contributed by atoms with Crippen LogP contribution in [0.1, 0.15) is 22.3 Å². The third kappa shape index (κ3) is 6.14. The molecule has 0 saturated carbocycles. The Hall–Kier alpha value is -3.36. The van der Waals surface area contributed by atoms with Crippen LogP contribution in [0.5, 0.6) is 5.75 Å². The zero-order valence-electron chi connectivity index (χ0n) is 21.9. The van der Waals surface area contributed by atoms with Gasteiger partial charge in [-0.2, -0.15) is 4.72 Å². The lowest BCUT2D eigenvalue weighted by Gasteiger charge is -2.38. The molecular formula is C29H35N3O4S. The standard InChI is InChI=1S/C29H35N3O4S/c1-21-9-8-12-27(23(21)3)31-15-17-32(18-16-31)29(33)26(20-24-10-6-5-7-11-24)30-37(34,35)25-13-14-28(36-4)22(2)19-25/h5-14,19,26,30H,15-18,20H2,1-4H3/t26-/m0/s1. The van der Waals surface area contributed by atoms with Gasteiger partial charge in [-0.25, -0.2) is 8.42 Å². The number of rotatable bonds is 8. The highest BCUT2D eigenvalue weighted by molar-refractivity contribution is 7.89. The fraction of sp³-hybridized carbons (Fsp3) is 0.345. The lowest BCUT2D eigenvalue weighted by molar-refractivity contribution is -0.133. The number of ether oxygens (including phenoxy) is 1. The van der Waals surface area contributed by atoms with Gasteiger partial charge in [0.15, 0.2) is 0 Å². The molecule has 3 aromatic rings. The average molecular weight is 522 g/mol. The molecule has 1 fully saturated rings. The van der Waals surface area contributed by atoms with Crippen LogP contribution in [-0.4, -0.2) is 58.6 Å². The second-order valence-electron chi connectivity index (χ2n) is 9.53. The van der Waals surface area contributed by atoms with Crippen molar-refractivity contribution in [3.05, 3.63) is 89.0 Å². The fourth-order valence-corrected chi connectivity index (χ4v) is 6.04. The average Bonchev–Trinajstić information content (AvgIpc) is 2.90. The van der Waals surface area contributed by atoms with E-state index in [1.807, 2.05) is 30.3 Å². The topological polar surface area (TPSA) is 78.9 Å². The summed E-state index contributed by atoms with van der Waals surface area (Å²) in [6.45, 7) is 8.45. The number of nitrogens with zero attached hydrogens (tertiary/aromatic N) is 2. The monoisotopic (exact) mass is 521 g/mol. The summed E-state index contributed by atoms with van der Waals surface area (Å²) in [5, 5.41) is 0. The van der Waals surface area contributed by atoms with Crippen molar-refractivity contribution in [2.75, 3.05) is 38.2 Å². The van der Waals surface area contributed by atoms with Crippen LogP contribution < -0.4 is 14.4 Å². The van der Waals surface area contributed by atoms with Gasteiger partial charge in [-0.3, -0.25) is 4.79 Å². The quantitative estimate of drug-likeness (QED) is 0.487. The largest absolute Gasteiger partial charge is 0.496 e. The Labute approximate surface area is 220 Å². The predicted octanol–water partition coefficient (Wildman–Crippen LogP) is 3.86. The molecular weight excluding hydrogens is 486 g/mol. The molecule has 1 amide bonds. The molecule has 0 spiro atoms. The van der Waals surface area contributed by atoms with E-state index in [2.05, 4.69) is 41.7 Å². The van der Waals surface area contributed by atoms with Crippen molar-refractivity contribution in [3.8, 4) is 5.75 Å². The van der Waals surface area contributed by atoms with E-state index in [1.54, 1.807) is 31.1 Å². The maximum absolute atomic E-state index is 13.7. The third-order valence-electron chi connectivity index (χ3n) is 7.06. The van der Waals surface area contributed by atoms with E-state index in [4.69, 9.17) is 4.74 Å². The normalized spacial score (nSPS) is 14.9. The number of hydrogen-bond donors (Lipinski definition) is 1. The summed E-state index contributed by atoms with van der Waals surface area (Å²) < 4.78 is 34.7. The summed E-state index contributed by atoms with van der Waals surface area (Å²) >= 11 is 0. The van der Waals surface area contributed by atoms with Crippen molar-refractivity contribution in [2.24, 2.45) is 0 Å². The summed E-state index contributed by atoms with van der Waals surface area (Å²) in [6, 6.07) is 19.5. The molecule has 37 heavy (non-hydrogen) atoms. The van der Waals surface area contributed by atoms with E-state index < -0.39 is 16.1 Å². The number of piperazine rings is 1. The van der Waals surface area contributed by atoms with E-state index in [0.717, 1.165) is 5.56 Å². The molecule has 8 heteroatoms. The number of sulfonamides is 1. The van der Waals surface area contributed by atoms with Crippen LogP contribution in [0.4, 0.5) is 5.69 Å². The molecule has 0 radical (unpaired) electrons. The lowest BCUT2D eigenvalue weighted by Crippen LogP contribution is -2.55. The summed E-state index contributed by atoms with van der Waals surface area (Å²) in [5.74, 6) is 0.399. The number of nitrogens with one attached hydrogen (secondary N) is 1. The Kier molecular flexibility index (Phi) is 8.19. The van der Waals surface area contributed by atoms with Crippen LogP contribution >= 0.6 is 0 Å². The van der Waals surface area contributed by atoms with Crippen LogP contribution in [0.15, 0.2) is 71.6 Å². The van der Waals surface area contributed by atoms with Crippen LogP contribution in [0.3, 0.4) is 0 Å². The van der Waals surface area contributed by atoms with Gasteiger partial charge in [0, 0.05) is 31.9 Å². The molecule has 0 aromatic heterocycles. The molecule has 196 valence electrons. The van der Waals surface area contributed by atoms with E-state index in [9.17, 15) is 13.2 Å². The summed E-state index contributed by atoms with van der Waals surface area (Å²) in [4.78, 5) is 17.9. The molecule has 1 atom stereocenters. The SMILES string of the molecule is COc1ccc(S(=O)(=O)N[C@@H](Cc2ccccc2)C(=O)N2CCN(c3cccc(C)c3C)CC2)cc1C. The van der Waals surface area contributed by atoms with Crippen molar-refractivity contribution < 1.29 is 17.9 Å². The lowest BCUT2D eigenvalue weighted by atomic mass is 10.0. The van der Waals surface area contributed by atoms with E-state index in [1.165, 1.54) is 22.9 Å². The second-order valence-corrected chi connectivity index (χ2v) is 11.2. The molecule has 4 rings (SSSR count). The number of carbonyl (C=O) groups excluding carboxylic acids is 1. The van der Waals surface area contributed by atoms with Gasteiger partial charge in [-0.1, -0.05) is 42.5 Å². The number of benzene rings is 3. The van der Waals surface area contributed by atoms with Crippen molar-refractivity contribution in [3.63, 3.8) is 0 Å². The third-order valence-corrected chi connectivity index (χ3v) is 8.53. The summed E-state index contributed by atoms with van der Waals surface area (Å²) in [6.07, 6.45) is 0.269. The molecule has 1 aliphatic heterocycles. The number of aryl methyl sites for hydroxylation is 2. The van der Waals surface area contributed by atoms with Crippen molar-refractivity contribution >= 4 is 21.6 Å². The first-order valence-electron chi connectivity index (χ1n) is 12.5. The van der Waals surface area contributed by atoms with Gasteiger partial charge in [-0.15, -0.1) is 0 Å². The zero-order valence-corrected chi connectivity index (χ0v) is 22.7. The Balaban J connectivity index is 1.53. The Morgan fingerprint density at radius 3 is 2.27 bits per heavy atom. The summed E-state index contributed by atoms with van der Waals surface area (Å²) in [7, 11) is -2.39. The van der Waals surface area contributed by atoms with Gasteiger partial charge < -0.3 is 14.5 Å². The highest BCUT2D eigenvalue weighted by Crippen LogP contribution is 2.25. The molecule has 1 saturated heterocycles. The number of methoxy groups -OCH3 is 1. The number of carbonyl (C=O) groups is 1. The Bertz CT molecular complexity index is 1350. The van der Waals surface area contributed by atoms with Gasteiger partial charge in [-0.05, 0) is 73.7 Å². The van der Waals surface area contributed by atoms with E-state index >= 15 is 0 Å². The Morgan fingerprint density at radius 2 is 1.62 bits per heavy atom. The first-order valence-corrected chi connectivity index (χ1v) is 14.0. The van der Waals surface area contributed by atoms with Crippen LogP contribution in [0.25, 0.3) is 0 Å². The smallest absolute Gasteiger partial charge is 0.241 e. The van der Waals surface area contributed by atoms with Gasteiger partial charge in [0.05, 0.1) is 12.0 Å². The molecule has 0 bridgehead atoms. The Morgan fingerprint density at radius 1 is 0.919 bits per heavy atom. The maximum Gasteiger partial charge on any atom is 0.241 e. The minimum absolute atomic E-state index is 0.108. The van der Waals surface area contributed by atoms with Crippen molar-refractivity contribution in [1.82, 2.24) is 9.62 Å². The van der Waals surface area contributed by atoms with E-state index in [-0.39, 0.29) is 17.2 Å². The second kappa shape index (κ2) is 11.4. The van der Waals surface area contributed by atoms with Crippen LogP contribution in [0.2, 0.25) is 0 Å². The number of anilines is 1. The molecule has 7 nitrogen and oxygen atoms in total. The molecule has 0 unspecified atom stereocenters. The first-order chi connectivity index (χ1) is 17.7. The van der Waals surface area contributed by atoms with Crippen molar-refractivity contribution in [2.45, 2.75) is 38.1 Å². The molecule has 1 aliphatic rings. The van der Waals surface area contributed by atoms with Crippen LogP contribution in [-0.2, 0) is 21.2 Å². The summed E-state index contributed by atoms with van der Waals surface area (Å²) in [5.41, 5.74) is 5.26. The van der Waals surface area contributed by atoms with Gasteiger partial charge >= 0.3 is 0 Å². The number of hydrogen-bond acceptors (Lipinski definition) is 5. The molecule has 3 aromatic carbocycles. The van der Waals surface area contributed by atoms with Gasteiger partial charge in [0.25, 0.3) is 0 Å². The fourth-order valence-electron chi connectivity index (χ4n) is 4.77. The predicted molar refractivity (Wildman–Crippen MR) is 147 cm³/mol. The highest BCUT2D eigenvalue weighted by Gasteiger charge is 2.32. The number of amides is 1. The molecule has 0 aliphatic carbocycles. The van der Waals surface area contributed by atoms with Crippen molar-refractivity contribution in [1.29, 1.82) is 0 Å². The van der Waals surface area contributed by atoms with Gasteiger partial charge in [0.2, 0.25) is 15.9 Å². The van der Waals surface area contributed by atoms with E-state index in [0.29, 0.717) is 37.5 Å². The van der Waals surface area contributed by atoms with Crippen LogP contribution in [0, 0.1) is 20.8 Å². The minimum Gasteiger partial charge on any atom is -0.496 e. The highest BCUT2D eigenvalue weighted by atomic mass is 32.2. The molecule has 1 N–H and O–H groups in total. The molecule has 1 heterocycles. The maximum atomic E-state index is 13.7.